The average Bonchev–Trinajstić information content (AvgIpc) is 2.51. The Hall–Kier alpha value is -1.14. The summed E-state index contributed by atoms with van der Waals surface area (Å²) in [5.41, 5.74) is 0. The van der Waals surface area contributed by atoms with Crippen LogP contribution in [0.1, 0.15) is 38.5 Å². The molecule has 0 spiro atoms. The minimum absolute atomic E-state index is 0.250. The lowest BCUT2D eigenvalue weighted by Crippen LogP contribution is -2.32. The fourth-order valence-electron chi connectivity index (χ4n) is 2.47. The van der Waals surface area contributed by atoms with Crippen molar-refractivity contribution in [2.24, 2.45) is 0 Å². The number of aliphatic hydroxyl groups excluding tert-OH is 1. The number of anilines is 2. The first-order chi connectivity index (χ1) is 10.2. The Morgan fingerprint density at radius 2 is 1.86 bits per heavy atom. The van der Waals surface area contributed by atoms with Crippen molar-refractivity contribution in [1.82, 2.24) is 15.0 Å². The van der Waals surface area contributed by atoms with Gasteiger partial charge in [-0.05, 0) is 50.1 Å². The van der Waals surface area contributed by atoms with Crippen molar-refractivity contribution in [1.29, 1.82) is 0 Å². The van der Waals surface area contributed by atoms with Crippen molar-refractivity contribution >= 4 is 23.5 Å². The molecule has 0 radical (unpaired) electrons. The number of piperidine rings is 1. The number of rotatable bonds is 7. The summed E-state index contributed by atoms with van der Waals surface area (Å²) < 4.78 is 0. The predicted molar refractivity (Wildman–Crippen MR) is 85.1 cm³/mol. The Labute approximate surface area is 131 Å². The molecule has 21 heavy (non-hydrogen) atoms. The van der Waals surface area contributed by atoms with Gasteiger partial charge in [0.15, 0.2) is 0 Å². The fraction of sp³-hybridized carbons (Fsp3) is 0.786. The zero-order chi connectivity index (χ0) is 15.1. The summed E-state index contributed by atoms with van der Waals surface area (Å²) >= 11 is 6.05. The average molecular weight is 314 g/mol. The van der Waals surface area contributed by atoms with E-state index in [0.29, 0.717) is 11.9 Å². The molecular weight excluding hydrogens is 290 g/mol. The van der Waals surface area contributed by atoms with Crippen LogP contribution in [0.5, 0.6) is 0 Å². The molecule has 1 saturated heterocycles. The van der Waals surface area contributed by atoms with Gasteiger partial charge in [-0.15, -0.1) is 0 Å². The number of nitrogens with zero attached hydrogens (tertiary/aromatic N) is 5. The molecular formula is C14H24ClN5O. The first kappa shape index (κ1) is 16.2. The van der Waals surface area contributed by atoms with Crippen LogP contribution in [-0.4, -0.2) is 53.3 Å². The summed E-state index contributed by atoms with van der Waals surface area (Å²) in [4.78, 5) is 17.2. The fourth-order valence-corrected chi connectivity index (χ4v) is 2.62. The van der Waals surface area contributed by atoms with E-state index in [0.717, 1.165) is 38.9 Å². The zero-order valence-electron chi connectivity index (χ0n) is 12.6. The topological polar surface area (TPSA) is 65.4 Å². The molecule has 0 bridgehead atoms. The van der Waals surface area contributed by atoms with E-state index in [4.69, 9.17) is 16.7 Å². The van der Waals surface area contributed by atoms with Crippen LogP contribution in [0.4, 0.5) is 11.9 Å². The van der Waals surface area contributed by atoms with Crippen LogP contribution in [0.3, 0.4) is 0 Å². The van der Waals surface area contributed by atoms with Gasteiger partial charge in [-0.1, -0.05) is 0 Å². The lowest BCUT2D eigenvalue weighted by molar-refractivity contribution is 0.283. The molecule has 0 atom stereocenters. The molecule has 7 heteroatoms. The molecule has 0 saturated carbocycles. The third-order valence-corrected chi connectivity index (χ3v) is 3.89. The monoisotopic (exact) mass is 313 g/mol. The van der Waals surface area contributed by atoms with Gasteiger partial charge in [0.25, 0.3) is 0 Å². The molecule has 1 aromatic rings. The summed E-state index contributed by atoms with van der Waals surface area (Å²) in [7, 11) is 1.96. The molecule has 118 valence electrons. The highest BCUT2D eigenvalue weighted by Crippen LogP contribution is 2.19. The first-order valence-corrected chi connectivity index (χ1v) is 8.07. The Bertz CT molecular complexity index is 439. The van der Waals surface area contributed by atoms with Crippen molar-refractivity contribution in [3.8, 4) is 0 Å². The molecule has 1 N–H and O–H groups in total. The second-order valence-corrected chi connectivity index (χ2v) is 5.80. The maximum Gasteiger partial charge on any atom is 0.231 e. The van der Waals surface area contributed by atoms with Crippen LogP contribution >= 0.6 is 11.6 Å². The zero-order valence-corrected chi connectivity index (χ0v) is 13.4. The van der Waals surface area contributed by atoms with Gasteiger partial charge < -0.3 is 14.9 Å². The SMILES string of the molecule is CN(CCCCCO)c1nc(Cl)nc(N2CCCCC2)n1. The van der Waals surface area contributed by atoms with Crippen LogP contribution in [0.15, 0.2) is 0 Å². The molecule has 0 unspecified atom stereocenters. The molecule has 0 aromatic carbocycles. The van der Waals surface area contributed by atoms with Gasteiger partial charge >= 0.3 is 0 Å². The number of unbranched alkanes of at least 4 members (excludes halogenated alkanes) is 2. The first-order valence-electron chi connectivity index (χ1n) is 7.69. The normalized spacial score (nSPS) is 15.3. The van der Waals surface area contributed by atoms with E-state index in [-0.39, 0.29) is 11.9 Å². The minimum Gasteiger partial charge on any atom is -0.396 e. The lowest BCUT2D eigenvalue weighted by atomic mass is 10.1. The van der Waals surface area contributed by atoms with E-state index in [1.165, 1.54) is 19.3 Å². The van der Waals surface area contributed by atoms with Gasteiger partial charge in [-0.2, -0.15) is 15.0 Å². The van der Waals surface area contributed by atoms with E-state index in [9.17, 15) is 0 Å². The molecule has 2 heterocycles. The van der Waals surface area contributed by atoms with Gasteiger partial charge in [0.2, 0.25) is 17.2 Å². The van der Waals surface area contributed by atoms with Gasteiger partial charge in [-0.25, -0.2) is 0 Å². The van der Waals surface area contributed by atoms with Crippen LogP contribution in [0.2, 0.25) is 5.28 Å². The number of aliphatic hydroxyl groups is 1. The summed E-state index contributed by atoms with van der Waals surface area (Å²) in [6.45, 7) is 3.07. The Kier molecular flexibility index (Phi) is 6.45. The van der Waals surface area contributed by atoms with E-state index < -0.39 is 0 Å². The maximum absolute atomic E-state index is 8.80. The van der Waals surface area contributed by atoms with Crippen molar-refractivity contribution in [2.45, 2.75) is 38.5 Å². The Balaban J connectivity index is 2.00. The quantitative estimate of drug-likeness (QED) is 0.778. The molecule has 1 aromatic heterocycles. The summed E-state index contributed by atoms with van der Waals surface area (Å²) in [5.74, 6) is 1.31. The summed E-state index contributed by atoms with van der Waals surface area (Å²) in [6.07, 6.45) is 6.46. The Morgan fingerprint density at radius 1 is 1.10 bits per heavy atom. The molecule has 1 fully saturated rings. The lowest BCUT2D eigenvalue weighted by Gasteiger charge is -2.27. The van der Waals surface area contributed by atoms with Crippen LogP contribution in [0.25, 0.3) is 0 Å². The highest BCUT2D eigenvalue weighted by molar-refractivity contribution is 6.28. The number of hydrogen-bond acceptors (Lipinski definition) is 6. The molecule has 0 amide bonds. The van der Waals surface area contributed by atoms with E-state index in [1.807, 2.05) is 11.9 Å². The number of hydrogen-bond donors (Lipinski definition) is 1. The van der Waals surface area contributed by atoms with Crippen LogP contribution < -0.4 is 9.80 Å². The molecule has 6 nitrogen and oxygen atoms in total. The second kappa shape index (κ2) is 8.34. The van der Waals surface area contributed by atoms with Gasteiger partial charge in [0, 0.05) is 33.3 Å². The third-order valence-electron chi connectivity index (χ3n) is 3.72. The third kappa shape index (κ3) is 4.97. The predicted octanol–water partition coefficient (Wildman–Crippen LogP) is 2.11. The maximum atomic E-state index is 8.80. The van der Waals surface area contributed by atoms with Crippen molar-refractivity contribution in [3.05, 3.63) is 5.28 Å². The molecule has 0 aliphatic carbocycles. The van der Waals surface area contributed by atoms with Crippen LogP contribution in [0, 0.1) is 0 Å². The van der Waals surface area contributed by atoms with Crippen LogP contribution in [-0.2, 0) is 0 Å². The van der Waals surface area contributed by atoms with Gasteiger partial charge in [0.05, 0.1) is 0 Å². The van der Waals surface area contributed by atoms with Gasteiger partial charge in [-0.3, -0.25) is 0 Å². The Morgan fingerprint density at radius 3 is 2.57 bits per heavy atom. The second-order valence-electron chi connectivity index (χ2n) is 5.46. The van der Waals surface area contributed by atoms with Gasteiger partial charge in [0.1, 0.15) is 0 Å². The van der Waals surface area contributed by atoms with E-state index >= 15 is 0 Å². The number of halogens is 1. The molecule has 1 aliphatic rings. The van der Waals surface area contributed by atoms with Crippen molar-refractivity contribution < 1.29 is 5.11 Å². The standard InChI is InChI=1S/C14H24ClN5O/c1-19(8-4-3-7-11-21)13-16-12(15)17-14(18-13)20-9-5-2-6-10-20/h21H,2-11H2,1H3. The molecule has 2 rings (SSSR count). The number of aromatic nitrogens is 3. The highest BCUT2D eigenvalue weighted by Gasteiger charge is 2.17. The van der Waals surface area contributed by atoms with E-state index in [1.54, 1.807) is 0 Å². The van der Waals surface area contributed by atoms with Crippen molar-refractivity contribution in [2.75, 3.05) is 43.1 Å². The van der Waals surface area contributed by atoms with E-state index in [2.05, 4.69) is 19.9 Å². The largest absolute Gasteiger partial charge is 0.396 e. The minimum atomic E-state index is 0.250. The summed E-state index contributed by atoms with van der Waals surface area (Å²) in [5, 5.41) is 9.05. The summed E-state index contributed by atoms with van der Waals surface area (Å²) in [6, 6.07) is 0. The van der Waals surface area contributed by atoms with Crippen molar-refractivity contribution in [3.63, 3.8) is 0 Å². The highest BCUT2D eigenvalue weighted by atomic mass is 35.5. The molecule has 1 aliphatic heterocycles. The smallest absolute Gasteiger partial charge is 0.231 e.